The first-order valence-electron chi connectivity index (χ1n) is 4.58. The standard InChI is InChI=1S/C11H12O2S/c12-6-5-10(13)9-7-14-11-4-2-1-3-8(9)11/h1-4,7,10,12-13H,5-6H2. The fourth-order valence-corrected chi connectivity index (χ4v) is 2.54. The molecule has 2 N–H and O–H groups in total. The van der Waals surface area contributed by atoms with Crippen molar-refractivity contribution in [2.75, 3.05) is 6.61 Å². The number of hydrogen-bond donors (Lipinski definition) is 2. The highest BCUT2D eigenvalue weighted by atomic mass is 32.1. The van der Waals surface area contributed by atoms with Gasteiger partial charge in [-0.25, -0.2) is 0 Å². The second kappa shape index (κ2) is 4.09. The summed E-state index contributed by atoms with van der Waals surface area (Å²) in [4.78, 5) is 0. The normalized spacial score (nSPS) is 13.3. The van der Waals surface area contributed by atoms with Crippen molar-refractivity contribution < 1.29 is 10.2 Å². The molecule has 14 heavy (non-hydrogen) atoms. The van der Waals surface area contributed by atoms with Crippen LogP contribution in [0.15, 0.2) is 29.6 Å². The Kier molecular flexibility index (Phi) is 2.82. The Bertz CT molecular complexity index is 422. The third-order valence-corrected chi connectivity index (χ3v) is 3.25. The molecule has 2 nitrogen and oxygen atoms in total. The Labute approximate surface area is 86.4 Å². The third-order valence-electron chi connectivity index (χ3n) is 2.27. The highest BCUT2D eigenvalue weighted by molar-refractivity contribution is 7.17. The Hall–Kier alpha value is -0.900. The summed E-state index contributed by atoms with van der Waals surface area (Å²) in [5, 5.41) is 21.6. The molecular formula is C11H12O2S. The fourth-order valence-electron chi connectivity index (χ4n) is 1.53. The lowest BCUT2D eigenvalue weighted by atomic mass is 10.1. The van der Waals surface area contributed by atoms with Crippen LogP contribution < -0.4 is 0 Å². The lowest BCUT2D eigenvalue weighted by Crippen LogP contribution is -1.98. The van der Waals surface area contributed by atoms with Crippen LogP contribution in [0.3, 0.4) is 0 Å². The minimum atomic E-state index is -0.545. The van der Waals surface area contributed by atoms with Crippen LogP contribution >= 0.6 is 11.3 Å². The fraction of sp³-hybridized carbons (Fsp3) is 0.273. The van der Waals surface area contributed by atoms with Gasteiger partial charge in [-0.05, 0) is 22.4 Å². The largest absolute Gasteiger partial charge is 0.396 e. The van der Waals surface area contributed by atoms with Crippen LogP contribution in [0.5, 0.6) is 0 Å². The quantitative estimate of drug-likeness (QED) is 0.812. The van der Waals surface area contributed by atoms with Crippen molar-refractivity contribution in [2.45, 2.75) is 12.5 Å². The van der Waals surface area contributed by atoms with Crippen LogP contribution in [0.1, 0.15) is 18.1 Å². The van der Waals surface area contributed by atoms with Crippen LogP contribution in [-0.4, -0.2) is 16.8 Å². The molecule has 3 heteroatoms. The number of rotatable bonds is 3. The zero-order chi connectivity index (χ0) is 9.97. The van der Waals surface area contributed by atoms with Crippen LogP contribution in [-0.2, 0) is 0 Å². The van der Waals surface area contributed by atoms with E-state index in [9.17, 15) is 5.11 Å². The Morgan fingerprint density at radius 1 is 1.29 bits per heavy atom. The predicted octanol–water partition coefficient (Wildman–Crippen LogP) is 2.32. The van der Waals surface area contributed by atoms with E-state index in [1.165, 1.54) is 4.70 Å². The summed E-state index contributed by atoms with van der Waals surface area (Å²) in [6.45, 7) is 0.0192. The summed E-state index contributed by atoms with van der Waals surface area (Å²) >= 11 is 1.63. The summed E-state index contributed by atoms with van der Waals surface area (Å²) in [7, 11) is 0. The molecule has 0 spiro atoms. The van der Waals surface area contributed by atoms with E-state index < -0.39 is 6.10 Å². The lowest BCUT2D eigenvalue weighted by molar-refractivity contribution is 0.136. The van der Waals surface area contributed by atoms with Gasteiger partial charge in [-0.15, -0.1) is 11.3 Å². The van der Waals surface area contributed by atoms with Crippen LogP contribution in [0.4, 0.5) is 0 Å². The molecule has 0 aliphatic rings. The molecular weight excluding hydrogens is 196 g/mol. The van der Waals surface area contributed by atoms with Crippen molar-refractivity contribution in [2.24, 2.45) is 0 Å². The van der Waals surface area contributed by atoms with Crippen LogP contribution in [0.25, 0.3) is 10.1 Å². The van der Waals surface area contributed by atoms with Crippen LogP contribution in [0.2, 0.25) is 0 Å². The molecule has 0 fully saturated rings. The van der Waals surface area contributed by atoms with Crippen molar-refractivity contribution in [1.29, 1.82) is 0 Å². The summed E-state index contributed by atoms with van der Waals surface area (Å²) in [6, 6.07) is 7.99. The highest BCUT2D eigenvalue weighted by Gasteiger charge is 2.11. The van der Waals surface area contributed by atoms with E-state index in [0.717, 1.165) is 10.9 Å². The SMILES string of the molecule is OCCC(O)c1csc2ccccc12. The molecule has 2 aromatic rings. The molecule has 1 unspecified atom stereocenters. The minimum Gasteiger partial charge on any atom is -0.396 e. The van der Waals surface area contributed by atoms with Crippen molar-refractivity contribution in [3.8, 4) is 0 Å². The van der Waals surface area contributed by atoms with Gasteiger partial charge >= 0.3 is 0 Å². The maximum absolute atomic E-state index is 9.75. The van der Waals surface area contributed by atoms with E-state index in [1.807, 2.05) is 29.6 Å². The number of aliphatic hydroxyl groups is 2. The number of aliphatic hydroxyl groups excluding tert-OH is 2. The second-order valence-corrected chi connectivity index (χ2v) is 4.13. The summed E-state index contributed by atoms with van der Waals surface area (Å²) in [5.74, 6) is 0. The molecule has 74 valence electrons. The smallest absolute Gasteiger partial charge is 0.0825 e. The molecule has 0 amide bonds. The maximum atomic E-state index is 9.75. The van der Waals surface area contributed by atoms with Crippen LogP contribution in [0, 0.1) is 0 Å². The van der Waals surface area contributed by atoms with E-state index >= 15 is 0 Å². The van der Waals surface area contributed by atoms with Crippen molar-refractivity contribution in [3.05, 3.63) is 35.2 Å². The molecule has 0 radical (unpaired) electrons. The minimum absolute atomic E-state index is 0.0192. The van der Waals surface area contributed by atoms with Crippen molar-refractivity contribution in [1.82, 2.24) is 0 Å². The van der Waals surface area contributed by atoms with Gasteiger partial charge in [-0.1, -0.05) is 18.2 Å². The lowest BCUT2D eigenvalue weighted by Gasteiger charge is -2.06. The van der Waals surface area contributed by atoms with Crippen molar-refractivity contribution >= 4 is 21.4 Å². The van der Waals surface area contributed by atoms with Gasteiger partial charge in [0.25, 0.3) is 0 Å². The maximum Gasteiger partial charge on any atom is 0.0825 e. The number of fused-ring (bicyclic) bond motifs is 1. The van der Waals surface area contributed by atoms with Gasteiger partial charge in [0.2, 0.25) is 0 Å². The highest BCUT2D eigenvalue weighted by Crippen LogP contribution is 2.31. The number of benzene rings is 1. The molecule has 1 aromatic heterocycles. The topological polar surface area (TPSA) is 40.5 Å². The number of hydrogen-bond acceptors (Lipinski definition) is 3. The molecule has 0 aliphatic heterocycles. The second-order valence-electron chi connectivity index (χ2n) is 3.22. The summed E-state index contributed by atoms with van der Waals surface area (Å²) < 4.78 is 1.18. The Balaban J connectivity index is 2.42. The molecule has 0 saturated heterocycles. The first kappa shape index (κ1) is 9.65. The zero-order valence-electron chi connectivity index (χ0n) is 7.68. The van der Waals surface area contributed by atoms with E-state index in [2.05, 4.69) is 0 Å². The molecule has 0 saturated carbocycles. The van der Waals surface area contributed by atoms with Gasteiger partial charge in [-0.2, -0.15) is 0 Å². The van der Waals surface area contributed by atoms with Gasteiger partial charge in [-0.3, -0.25) is 0 Å². The van der Waals surface area contributed by atoms with Gasteiger partial charge in [0.05, 0.1) is 6.10 Å². The third kappa shape index (κ3) is 1.66. The summed E-state index contributed by atoms with van der Waals surface area (Å²) in [6.07, 6.45) is -0.142. The van der Waals surface area contributed by atoms with E-state index in [0.29, 0.717) is 6.42 Å². The molecule has 1 atom stereocenters. The molecule has 0 aliphatic carbocycles. The summed E-state index contributed by atoms with van der Waals surface area (Å²) in [5.41, 5.74) is 0.930. The molecule has 0 bridgehead atoms. The first-order valence-corrected chi connectivity index (χ1v) is 5.46. The van der Waals surface area contributed by atoms with Gasteiger partial charge in [0, 0.05) is 17.7 Å². The monoisotopic (exact) mass is 208 g/mol. The van der Waals surface area contributed by atoms with Gasteiger partial charge < -0.3 is 10.2 Å². The van der Waals surface area contributed by atoms with E-state index in [4.69, 9.17) is 5.11 Å². The molecule has 1 heterocycles. The number of thiophene rings is 1. The van der Waals surface area contributed by atoms with Gasteiger partial charge in [0.1, 0.15) is 0 Å². The van der Waals surface area contributed by atoms with E-state index in [1.54, 1.807) is 11.3 Å². The zero-order valence-corrected chi connectivity index (χ0v) is 8.50. The Morgan fingerprint density at radius 3 is 2.86 bits per heavy atom. The average Bonchev–Trinajstić information content (AvgIpc) is 2.61. The van der Waals surface area contributed by atoms with Crippen molar-refractivity contribution in [3.63, 3.8) is 0 Å². The molecule has 1 aromatic carbocycles. The van der Waals surface area contributed by atoms with E-state index in [-0.39, 0.29) is 6.61 Å². The molecule has 2 rings (SSSR count). The predicted molar refractivity (Wildman–Crippen MR) is 58.5 cm³/mol. The average molecular weight is 208 g/mol. The Morgan fingerprint density at radius 2 is 2.07 bits per heavy atom. The first-order chi connectivity index (χ1) is 6.83. The van der Waals surface area contributed by atoms with Gasteiger partial charge in [0.15, 0.2) is 0 Å².